The lowest BCUT2D eigenvalue weighted by molar-refractivity contribution is -0.140. The molecule has 2 unspecified atom stereocenters. The number of ether oxygens (including phenoxy) is 4. The molecule has 70 heavy (non-hydrogen) atoms. The van der Waals surface area contributed by atoms with Crippen LogP contribution >= 0.6 is 0 Å². The van der Waals surface area contributed by atoms with Crippen LogP contribution in [0.2, 0.25) is 0 Å². The monoisotopic (exact) mass is 963 g/mol. The van der Waals surface area contributed by atoms with Crippen molar-refractivity contribution in [3.05, 3.63) is 120 Å². The molecule has 3 amide bonds. The molecule has 1 aliphatic rings. The summed E-state index contributed by atoms with van der Waals surface area (Å²) in [6.45, 7) is 4.99. The second kappa shape index (κ2) is 23.7. The fraction of sp³-hybridized carbons (Fsp3) is 0.333. The van der Waals surface area contributed by atoms with Crippen LogP contribution in [0.5, 0.6) is 5.75 Å². The van der Waals surface area contributed by atoms with Gasteiger partial charge in [-0.2, -0.15) is 18.3 Å². The number of amides is 3. The van der Waals surface area contributed by atoms with E-state index in [1.807, 2.05) is 42.2 Å². The number of alkyl halides is 3. The lowest BCUT2D eigenvalue weighted by Crippen LogP contribution is -2.43. The van der Waals surface area contributed by atoms with Crippen molar-refractivity contribution in [1.29, 1.82) is 0 Å². The SMILES string of the molecule is COc1cc(C(=O)NCCOCCOCCOCCNC(=O)c2ccc(NC3CC(C)N(C(C)=O)c4ccc(-c5ccn[nH]5)cc43)cc2)ccc1NCC#Cc1cc2c(N)cccc2n1CC(F)(F)F. The smallest absolute Gasteiger partial charge is 0.406 e. The van der Waals surface area contributed by atoms with Gasteiger partial charge in [-0.15, -0.1) is 0 Å². The van der Waals surface area contributed by atoms with Crippen LogP contribution in [-0.2, 0) is 25.5 Å². The largest absolute Gasteiger partial charge is 0.495 e. The van der Waals surface area contributed by atoms with E-state index in [9.17, 15) is 27.6 Å². The minimum absolute atomic E-state index is 0.00881. The average molecular weight is 964 g/mol. The maximum Gasteiger partial charge on any atom is 0.406 e. The molecule has 2 atom stereocenters. The Labute approximate surface area is 403 Å². The molecule has 0 aliphatic carbocycles. The summed E-state index contributed by atoms with van der Waals surface area (Å²) in [6, 6.07) is 26.4. The van der Waals surface area contributed by atoms with Crippen molar-refractivity contribution in [2.45, 2.75) is 45.1 Å². The summed E-state index contributed by atoms with van der Waals surface area (Å²) in [5.74, 6) is 5.50. The Morgan fingerprint density at radius 2 is 1.54 bits per heavy atom. The molecule has 4 aromatic carbocycles. The number of benzene rings is 4. The number of nitrogens with two attached hydrogens (primary N) is 1. The Kier molecular flexibility index (Phi) is 17.0. The molecular formula is C51H56F3N9O7. The molecule has 3 heterocycles. The van der Waals surface area contributed by atoms with Gasteiger partial charge in [0.15, 0.2) is 0 Å². The van der Waals surface area contributed by atoms with Gasteiger partial charge < -0.3 is 55.4 Å². The maximum absolute atomic E-state index is 13.4. The van der Waals surface area contributed by atoms with Crippen LogP contribution in [0.4, 0.5) is 35.9 Å². The average Bonchev–Trinajstić information content (AvgIpc) is 4.00. The zero-order chi connectivity index (χ0) is 49.6. The van der Waals surface area contributed by atoms with Crippen molar-refractivity contribution in [2.24, 2.45) is 0 Å². The van der Waals surface area contributed by atoms with Gasteiger partial charge in [-0.1, -0.05) is 18.1 Å². The van der Waals surface area contributed by atoms with Gasteiger partial charge in [0, 0.05) is 71.4 Å². The number of nitrogens with zero attached hydrogens (tertiary/aromatic N) is 3. The molecule has 2 aromatic heterocycles. The fourth-order valence-corrected chi connectivity index (χ4v) is 8.22. The third-order valence-corrected chi connectivity index (χ3v) is 11.5. The zero-order valence-corrected chi connectivity index (χ0v) is 39.1. The number of aromatic nitrogens is 3. The predicted molar refractivity (Wildman–Crippen MR) is 262 cm³/mol. The van der Waals surface area contributed by atoms with E-state index in [1.54, 1.807) is 67.7 Å². The van der Waals surface area contributed by atoms with Gasteiger partial charge in [-0.3, -0.25) is 19.5 Å². The molecular weight excluding hydrogens is 908 g/mol. The summed E-state index contributed by atoms with van der Waals surface area (Å²) in [7, 11) is 1.46. The number of fused-ring (bicyclic) bond motifs is 2. The summed E-state index contributed by atoms with van der Waals surface area (Å²) >= 11 is 0. The lowest BCUT2D eigenvalue weighted by atomic mass is 9.89. The van der Waals surface area contributed by atoms with Gasteiger partial charge in [0.05, 0.1) is 81.9 Å². The normalized spacial score (nSPS) is 14.3. The fourth-order valence-electron chi connectivity index (χ4n) is 8.22. The molecule has 7 rings (SSSR count). The quantitative estimate of drug-likeness (QED) is 0.0243. The molecule has 19 heteroatoms. The van der Waals surface area contributed by atoms with E-state index < -0.39 is 12.7 Å². The first-order valence-electron chi connectivity index (χ1n) is 22.7. The third kappa shape index (κ3) is 13.2. The minimum Gasteiger partial charge on any atom is -0.495 e. The number of carbonyl (C=O) groups is 3. The molecule has 7 N–H and O–H groups in total. The highest BCUT2D eigenvalue weighted by Gasteiger charge is 2.33. The van der Waals surface area contributed by atoms with Gasteiger partial charge >= 0.3 is 6.18 Å². The summed E-state index contributed by atoms with van der Waals surface area (Å²) < 4.78 is 63.4. The Hall–Kier alpha value is -7.53. The molecule has 16 nitrogen and oxygen atoms in total. The van der Waals surface area contributed by atoms with Crippen molar-refractivity contribution in [2.75, 3.05) is 87.7 Å². The van der Waals surface area contributed by atoms with Crippen molar-refractivity contribution in [3.8, 4) is 28.8 Å². The number of halogens is 3. The number of hydrogen-bond acceptors (Lipinski definition) is 11. The molecule has 0 radical (unpaired) electrons. The molecule has 0 saturated heterocycles. The second-order valence-electron chi connectivity index (χ2n) is 16.4. The second-order valence-corrected chi connectivity index (χ2v) is 16.4. The van der Waals surface area contributed by atoms with Gasteiger partial charge in [-0.05, 0) is 104 Å². The van der Waals surface area contributed by atoms with Gasteiger partial charge in [0.2, 0.25) is 5.91 Å². The zero-order valence-electron chi connectivity index (χ0n) is 39.1. The van der Waals surface area contributed by atoms with E-state index >= 15 is 0 Å². The molecule has 0 saturated carbocycles. The van der Waals surface area contributed by atoms with Crippen LogP contribution in [0, 0.1) is 11.8 Å². The first-order chi connectivity index (χ1) is 33.8. The highest BCUT2D eigenvalue weighted by atomic mass is 19.4. The molecule has 6 aromatic rings. The number of nitrogen functional groups attached to an aromatic ring is 1. The Morgan fingerprint density at radius 1 is 0.857 bits per heavy atom. The molecule has 368 valence electrons. The highest BCUT2D eigenvalue weighted by molar-refractivity contribution is 5.96. The number of hydrogen-bond donors (Lipinski definition) is 6. The van der Waals surface area contributed by atoms with Crippen LogP contribution < -0.4 is 36.6 Å². The van der Waals surface area contributed by atoms with Crippen molar-refractivity contribution in [1.82, 2.24) is 25.4 Å². The summed E-state index contributed by atoms with van der Waals surface area (Å²) in [4.78, 5) is 40.1. The van der Waals surface area contributed by atoms with Gasteiger partial charge in [0.1, 0.15) is 12.3 Å². The number of aromatic amines is 1. The summed E-state index contributed by atoms with van der Waals surface area (Å²) in [6.07, 6.45) is -2.03. The van der Waals surface area contributed by atoms with Gasteiger partial charge in [-0.25, -0.2) is 0 Å². The Balaban J connectivity index is 0.741. The Morgan fingerprint density at radius 3 is 2.20 bits per heavy atom. The molecule has 0 fully saturated rings. The van der Waals surface area contributed by atoms with Crippen LogP contribution in [-0.4, -0.2) is 111 Å². The van der Waals surface area contributed by atoms with E-state index in [2.05, 4.69) is 49.4 Å². The highest BCUT2D eigenvalue weighted by Crippen LogP contribution is 2.41. The Bertz CT molecular complexity index is 2810. The van der Waals surface area contributed by atoms with Gasteiger partial charge in [0.25, 0.3) is 11.8 Å². The number of carbonyl (C=O) groups excluding carboxylic acids is 3. The van der Waals surface area contributed by atoms with Crippen molar-refractivity contribution >= 4 is 51.4 Å². The number of nitrogens with one attached hydrogen (secondary N) is 5. The standard InChI is InChI=1S/C51H56F3N9O7/c1-33-28-45(41-29-36(43-17-19-59-61-43)12-16-47(41)63(33)34(2)64)60-38-13-9-35(10-14-38)49(65)57-20-22-68-24-26-70-27-25-69-23-21-58-50(66)37-11-15-44(48(30-37)67-3)56-18-5-6-39-31-40-42(55)7-4-8-46(40)62(39)32-51(52,53)54/h4,7-17,19,29-31,33,45,56,60H,18,20-28,32,55H2,1-3H3,(H,57,65)(H,58,66)(H,59,61). The molecule has 1 aliphatic heterocycles. The first-order valence-corrected chi connectivity index (χ1v) is 22.7. The lowest BCUT2D eigenvalue weighted by Gasteiger charge is -2.39. The maximum atomic E-state index is 13.4. The van der Waals surface area contributed by atoms with Crippen LogP contribution in [0.25, 0.3) is 22.2 Å². The van der Waals surface area contributed by atoms with E-state index in [1.165, 1.54) is 7.11 Å². The predicted octanol–water partition coefficient (Wildman–Crippen LogP) is 7.16. The number of anilines is 4. The number of methoxy groups -OCH3 is 1. The van der Waals surface area contributed by atoms with Crippen LogP contribution in [0.15, 0.2) is 97.2 Å². The van der Waals surface area contributed by atoms with E-state index in [0.717, 1.165) is 32.8 Å². The van der Waals surface area contributed by atoms with Crippen molar-refractivity contribution in [3.63, 3.8) is 0 Å². The number of rotatable bonds is 21. The van der Waals surface area contributed by atoms with E-state index in [4.69, 9.17) is 24.7 Å². The van der Waals surface area contributed by atoms with E-state index in [-0.39, 0.29) is 55.2 Å². The first kappa shape index (κ1) is 50.3. The topological polar surface area (TPSA) is 199 Å². The van der Waals surface area contributed by atoms with Crippen LogP contribution in [0.1, 0.15) is 58.3 Å². The minimum atomic E-state index is -4.45. The molecule has 0 spiro atoms. The molecule has 0 bridgehead atoms. The van der Waals surface area contributed by atoms with Crippen LogP contribution in [0.3, 0.4) is 0 Å². The third-order valence-electron chi connectivity index (χ3n) is 11.5. The van der Waals surface area contributed by atoms with E-state index in [0.29, 0.717) is 85.2 Å². The number of H-pyrrole nitrogens is 1. The summed E-state index contributed by atoms with van der Waals surface area (Å²) in [5, 5.41) is 19.9. The summed E-state index contributed by atoms with van der Waals surface area (Å²) in [5.41, 5.74) is 12.9. The van der Waals surface area contributed by atoms with Crippen molar-refractivity contribution < 1.29 is 46.5 Å².